The number of hydrogen-bond donors (Lipinski definition) is 29. The number of hydrogen-bond acceptors (Lipinski definition) is 24. The Kier molecular flexibility index (Phi) is 47.5. The summed E-state index contributed by atoms with van der Waals surface area (Å²) in [6.07, 6.45) is -8.99. The van der Waals surface area contributed by atoms with Crippen molar-refractivity contribution in [2.45, 2.75) is 261 Å². The third-order valence-electron chi connectivity index (χ3n) is 18.0. The van der Waals surface area contributed by atoms with Gasteiger partial charge in [0, 0.05) is 58.3 Å². The van der Waals surface area contributed by atoms with Crippen LogP contribution in [0.25, 0.3) is 0 Å². The fraction of sp³-hybridized carbons (Fsp3) is 0.671. The van der Waals surface area contributed by atoms with Gasteiger partial charge in [-0.25, -0.2) is 4.79 Å². The molecule has 0 spiro atoms. The van der Waals surface area contributed by atoms with Gasteiger partial charge >= 0.3 is 41.8 Å². The van der Waals surface area contributed by atoms with E-state index >= 15 is 0 Å². The lowest BCUT2D eigenvalue weighted by Gasteiger charge is -2.30. The highest BCUT2D eigenvalue weighted by atomic mass is 16.4. The molecule has 1 aliphatic heterocycles. The van der Waals surface area contributed by atoms with Gasteiger partial charge in [-0.1, -0.05) is 27.7 Å². The molecule has 0 bridgehead atoms. The maximum atomic E-state index is 14.6. The van der Waals surface area contributed by atoms with Gasteiger partial charge in [0.25, 0.3) is 0 Å². The van der Waals surface area contributed by atoms with Gasteiger partial charge in [0.05, 0.1) is 12.5 Å². The lowest BCUT2D eigenvalue weighted by molar-refractivity contribution is -0.146. The van der Waals surface area contributed by atoms with Gasteiger partial charge in [0.1, 0.15) is 78.5 Å². The number of guanidine groups is 3. The Hall–Kier alpha value is -12.8. The fourth-order valence-corrected chi connectivity index (χ4v) is 11.8. The van der Waals surface area contributed by atoms with Gasteiger partial charge in [-0.05, 0) is 122 Å². The van der Waals surface area contributed by atoms with E-state index in [1.807, 2.05) is 5.32 Å². The summed E-state index contributed by atoms with van der Waals surface area (Å²) in [7, 11) is 0. The zero-order valence-electron chi connectivity index (χ0n) is 67.5. The van der Waals surface area contributed by atoms with Crippen LogP contribution < -0.4 is 103 Å². The number of rotatable bonds is 59. The standard InChI is InChI=1S/C70H117N23O27/c1-32(2)29-44(90-55(107)35(6)82-58(110)39(15-20-48(94)95)88-65(117)47-14-10-28-93(47)66(118)46(31-53(104)105)92-56(108)36(71)11-7-25-78-68(72)73)63(115)85-38(13-9-27-80-70(76)77)59(111)84-37(12-8-26-79-69(74)75)57(109)81-34(5)54(106)83-40(16-21-49(96)97)60(112)86-42(18-23-51(100)101)62(114)91-45(30-33(3)4)64(116)87-41(17-22-50(98)99)61(113)89-43(67(119)120)19-24-52(102)103/h32-47H,7-31,71H2,1-6H3,(H,81,109)(H,82,110)(H,83,106)(H,84,111)(H,85,115)(H,86,112)(H,87,116)(H,88,117)(H,89,113)(H,90,107)(H,91,114)(H,92,108)(H,94,95)(H,96,97)(H,98,99)(H,100,101)(H,102,103)(H,104,105)(H,119,120)(H4,72,73,78)(H4,74,75,79)(H4,76,77,80)/t34-,35-,36-,37-,38-,39-,40-,41-,42-,43-,44-,45-,46-,47-/m0/s1. The van der Waals surface area contributed by atoms with Gasteiger partial charge in [0.15, 0.2) is 17.9 Å². The first-order chi connectivity index (χ1) is 56.0. The molecule has 1 saturated heterocycles. The summed E-state index contributed by atoms with van der Waals surface area (Å²) < 4.78 is 0. The molecule has 1 aliphatic rings. The highest BCUT2D eigenvalue weighted by Gasteiger charge is 2.42. The third-order valence-corrected chi connectivity index (χ3v) is 18.0. The SMILES string of the molecule is CC(C)C[C@H](NC(=O)[C@H](C)NC(=O)[C@H](CCC(=O)O)NC(=O)[C@@H]1CCCN1C(=O)[C@H](CC(=O)O)NC(=O)[C@@H](N)CCCNC(=N)N)C(=O)N[C@@H](CCCNC(=N)N)C(=O)N[C@@H](CCCNC(=N)N)C(=O)N[C@@H](C)C(=O)N[C@@H](CCC(=O)O)C(=O)N[C@@H](CCC(=O)O)C(=O)N[C@@H](CC(C)C)C(=O)N[C@@H](CCC(=O)O)C(=O)N[C@@H](CCC(=O)O)C(=O)O. The zero-order valence-corrected chi connectivity index (χ0v) is 67.5. The third kappa shape index (κ3) is 42.9. The van der Waals surface area contributed by atoms with Crippen LogP contribution >= 0.6 is 0 Å². The number of likely N-dealkylation sites (tertiary alicyclic amines) is 1. The van der Waals surface area contributed by atoms with Crippen LogP contribution in [0.4, 0.5) is 0 Å². The van der Waals surface area contributed by atoms with Crippen LogP contribution in [0, 0.1) is 28.1 Å². The van der Waals surface area contributed by atoms with Crippen molar-refractivity contribution >= 4 is 136 Å². The predicted molar refractivity (Wildman–Crippen MR) is 418 cm³/mol. The van der Waals surface area contributed by atoms with Gasteiger partial charge < -0.3 is 143 Å². The van der Waals surface area contributed by atoms with Crippen molar-refractivity contribution in [3.8, 4) is 0 Å². The number of nitrogens with one attached hydrogen (secondary N) is 18. The molecular weight excluding hydrogens is 1590 g/mol. The number of carbonyl (C=O) groups is 20. The monoisotopic (exact) mass is 1710 g/mol. The van der Waals surface area contributed by atoms with Crippen LogP contribution in [0.5, 0.6) is 0 Å². The summed E-state index contributed by atoms with van der Waals surface area (Å²) in [5.74, 6) is -27.3. The van der Waals surface area contributed by atoms with Gasteiger partial charge in [-0.15, -0.1) is 0 Å². The van der Waals surface area contributed by atoms with Crippen LogP contribution in [0.2, 0.25) is 0 Å². The van der Waals surface area contributed by atoms with E-state index in [2.05, 4.69) is 74.4 Å². The quantitative estimate of drug-likeness (QED) is 0.0153. The van der Waals surface area contributed by atoms with E-state index in [0.29, 0.717) is 0 Å². The number of carboxylic acid groups (broad SMARTS) is 7. The van der Waals surface area contributed by atoms with Crippen LogP contribution in [0.15, 0.2) is 0 Å². The Morgan fingerprint density at radius 1 is 0.342 bits per heavy atom. The molecule has 50 heteroatoms. The van der Waals surface area contributed by atoms with E-state index in [-0.39, 0.29) is 96.3 Å². The predicted octanol–water partition coefficient (Wildman–Crippen LogP) is -8.07. The number of carboxylic acids is 7. The molecule has 0 aromatic carbocycles. The molecule has 1 rings (SSSR count). The van der Waals surface area contributed by atoms with E-state index in [1.165, 1.54) is 0 Å². The molecule has 13 amide bonds. The molecule has 0 unspecified atom stereocenters. The molecule has 1 fully saturated rings. The summed E-state index contributed by atoms with van der Waals surface area (Å²) >= 11 is 0. The Morgan fingerprint density at radius 3 is 0.942 bits per heavy atom. The second kappa shape index (κ2) is 54.2. The average Bonchev–Trinajstić information content (AvgIpc) is 1.63. The number of nitrogens with zero attached hydrogens (tertiary/aromatic N) is 1. The van der Waals surface area contributed by atoms with E-state index in [9.17, 15) is 127 Å². The maximum Gasteiger partial charge on any atom is 0.326 e. The first kappa shape index (κ1) is 105. The van der Waals surface area contributed by atoms with E-state index in [4.69, 9.17) is 44.3 Å². The van der Waals surface area contributed by atoms with Crippen LogP contribution in [0.1, 0.15) is 176 Å². The Balaban J connectivity index is 3.66. The molecular formula is C70H117N23O27. The minimum atomic E-state index is -1.92. The Morgan fingerprint density at radius 2 is 0.617 bits per heavy atom. The fourth-order valence-electron chi connectivity index (χ4n) is 11.8. The summed E-state index contributed by atoms with van der Waals surface area (Å²) in [6.45, 7) is 8.56. The van der Waals surface area contributed by atoms with E-state index in [0.717, 1.165) is 18.7 Å². The summed E-state index contributed by atoms with van der Waals surface area (Å²) in [4.78, 5) is 266. The minimum Gasteiger partial charge on any atom is -0.481 e. The molecule has 0 aromatic heterocycles. The lowest BCUT2D eigenvalue weighted by atomic mass is 10.0. The van der Waals surface area contributed by atoms with Crippen LogP contribution in [-0.4, -0.2) is 288 Å². The van der Waals surface area contributed by atoms with E-state index < -0.39 is 298 Å². The van der Waals surface area contributed by atoms with Crippen molar-refractivity contribution in [3.63, 3.8) is 0 Å². The molecule has 0 saturated carbocycles. The summed E-state index contributed by atoms with van der Waals surface area (Å²) in [5, 5.41) is 125. The highest BCUT2D eigenvalue weighted by Crippen LogP contribution is 2.21. The van der Waals surface area contributed by atoms with Crippen molar-refractivity contribution in [1.82, 2.24) is 84.7 Å². The molecule has 0 aliphatic carbocycles. The molecule has 14 atom stereocenters. The van der Waals surface area contributed by atoms with Gasteiger partial charge in [-0.2, -0.15) is 0 Å². The van der Waals surface area contributed by atoms with Crippen LogP contribution in [-0.2, 0) is 95.9 Å². The average molecular weight is 1710 g/mol. The van der Waals surface area contributed by atoms with Crippen molar-refractivity contribution in [2.75, 3.05) is 26.2 Å². The maximum absolute atomic E-state index is 14.6. The van der Waals surface area contributed by atoms with Gasteiger partial charge in [0.2, 0.25) is 76.8 Å². The molecule has 0 radical (unpaired) electrons. The van der Waals surface area contributed by atoms with Crippen molar-refractivity contribution < 1.29 is 132 Å². The summed E-state index contributed by atoms with van der Waals surface area (Å²) in [5.41, 5.74) is 22.2. The zero-order chi connectivity index (χ0) is 91.4. The van der Waals surface area contributed by atoms with Crippen molar-refractivity contribution in [2.24, 2.45) is 34.8 Å². The van der Waals surface area contributed by atoms with E-state index in [1.54, 1.807) is 27.7 Å². The van der Waals surface area contributed by atoms with Crippen molar-refractivity contribution in [3.05, 3.63) is 0 Å². The molecule has 50 nitrogen and oxygen atoms in total. The Bertz CT molecular complexity index is 3660. The minimum absolute atomic E-state index is 0.0203. The lowest BCUT2D eigenvalue weighted by Crippen LogP contribution is -2.60. The second-order valence-electron chi connectivity index (χ2n) is 29.2. The summed E-state index contributed by atoms with van der Waals surface area (Å²) in [6, 6.07) is -23.4. The van der Waals surface area contributed by atoms with Crippen molar-refractivity contribution in [1.29, 1.82) is 16.2 Å². The molecule has 674 valence electrons. The highest BCUT2D eigenvalue weighted by molar-refractivity contribution is 6.01. The molecule has 0 aromatic rings. The van der Waals surface area contributed by atoms with Gasteiger partial charge in [-0.3, -0.25) is 107 Å². The molecule has 33 N–H and O–H groups in total. The second-order valence-corrected chi connectivity index (χ2v) is 29.2. The first-order valence-corrected chi connectivity index (χ1v) is 38.5. The largest absolute Gasteiger partial charge is 0.481 e. The molecule has 120 heavy (non-hydrogen) atoms. The molecule has 1 heterocycles. The number of nitrogens with two attached hydrogens (primary N) is 4. The first-order valence-electron chi connectivity index (χ1n) is 38.5. The normalized spacial score (nSPS) is 15.5. The number of amides is 13. The smallest absolute Gasteiger partial charge is 0.326 e. The number of aliphatic carboxylic acids is 7. The van der Waals surface area contributed by atoms with Crippen LogP contribution in [0.3, 0.4) is 0 Å². The number of carbonyl (C=O) groups excluding carboxylic acids is 13. The topological polar surface area (TPSA) is 842 Å². The Labute approximate surface area is 688 Å².